The Kier molecular flexibility index (Phi) is 7.15. The number of H-pyrrole nitrogens is 1. The molecular formula is C29H35N5O3S. The van der Waals surface area contributed by atoms with Crippen LogP contribution in [0.5, 0.6) is 0 Å². The second-order valence-corrected chi connectivity index (χ2v) is 12.7. The van der Waals surface area contributed by atoms with E-state index in [4.69, 9.17) is 4.98 Å². The van der Waals surface area contributed by atoms with Crippen molar-refractivity contribution < 1.29 is 8.42 Å². The number of benzene rings is 1. The number of sulfonamides is 1. The number of rotatable bonds is 7. The first-order chi connectivity index (χ1) is 18.1. The molecule has 1 aliphatic rings. The van der Waals surface area contributed by atoms with Crippen LogP contribution >= 0.6 is 0 Å². The third kappa shape index (κ3) is 5.54. The number of anilines is 2. The predicted octanol–water partition coefficient (Wildman–Crippen LogP) is 5.24. The van der Waals surface area contributed by atoms with Crippen LogP contribution in [-0.2, 0) is 16.6 Å². The second kappa shape index (κ2) is 10.4. The molecule has 2 N–H and O–H groups in total. The minimum absolute atomic E-state index is 0.188. The van der Waals surface area contributed by atoms with Crippen LogP contribution in [0.3, 0.4) is 0 Å². The molecule has 8 nitrogen and oxygen atoms in total. The van der Waals surface area contributed by atoms with Crippen molar-refractivity contribution >= 4 is 32.3 Å². The lowest BCUT2D eigenvalue weighted by atomic mass is 9.90. The van der Waals surface area contributed by atoms with E-state index in [0.29, 0.717) is 36.1 Å². The van der Waals surface area contributed by atoms with Gasteiger partial charge in [0, 0.05) is 49.0 Å². The standard InChI is InChI=1S/C29H35N5O3S/c1-19(2)17-33-18-24(15-20(33)3)26-16-23-9-12-30-29(35)27(23)28(32-26)31-25-7-5-21(6-8-25)22-10-13-34(14-11-22)38(4,36)37/h5-9,12,15-16,18-19,22H,10-11,13-14,17H2,1-4H3,(H,30,35)(H,31,32). The first-order valence-corrected chi connectivity index (χ1v) is 14.9. The molecule has 3 aromatic heterocycles. The molecule has 0 amide bonds. The van der Waals surface area contributed by atoms with Crippen LogP contribution in [0.25, 0.3) is 22.0 Å². The van der Waals surface area contributed by atoms with E-state index in [1.54, 1.807) is 10.5 Å². The van der Waals surface area contributed by atoms with Crippen molar-refractivity contribution in [1.29, 1.82) is 0 Å². The summed E-state index contributed by atoms with van der Waals surface area (Å²) >= 11 is 0. The lowest BCUT2D eigenvalue weighted by Gasteiger charge is -2.30. The van der Waals surface area contributed by atoms with Crippen LogP contribution in [-0.4, -0.2) is 46.6 Å². The van der Waals surface area contributed by atoms with E-state index in [-0.39, 0.29) is 5.56 Å². The highest BCUT2D eigenvalue weighted by atomic mass is 32.2. The summed E-state index contributed by atoms with van der Waals surface area (Å²) in [6, 6.07) is 14.2. The lowest BCUT2D eigenvalue weighted by Crippen LogP contribution is -2.37. The highest BCUT2D eigenvalue weighted by Gasteiger charge is 2.25. The molecule has 0 saturated carbocycles. The molecule has 200 valence electrons. The van der Waals surface area contributed by atoms with E-state index in [1.807, 2.05) is 24.3 Å². The quantitative estimate of drug-likeness (QED) is 0.338. The Morgan fingerprint density at radius 1 is 1.11 bits per heavy atom. The van der Waals surface area contributed by atoms with Gasteiger partial charge in [0.2, 0.25) is 10.0 Å². The Morgan fingerprint density at radius 3 is 2.47 bits per heavy atom. The summed E-state index contributed by atoms with van der Waals surface area (Å²) in [5.74, 6) is 1.37. The number of aryl methyl sites for hydroxylation is 1. The van der Waals surface area contributed by atoms with E-state index in [0.717, 1.165) is 41.7 Å². The normalized spacial score (nSPS) is 15.4. The Hall–Kier alpha value is -3.43. The minimum atomic E-state index is -3.14. The number of pyridine rings is 2. The Bertz CT molecular complexity index is 1610. The van der Waals surface area contributed by atoms with Crippen molar-refractivity contribution in [3.8, 4) is 11.3 Å². The van der Waals surface area contributed by atoms with Gasteiger partial charge in [-0.1, -0.05) is 26.0 Å². The third-order valence-corrected chi connectivity index (χ3v) is 8.60. The molecule has 0 radical (unpaired) electrons. The van der Waals surface area contributed by atoms with Gasteiger partial charge in [-0.2, -0.15) is 0 Å². The summed E-state index contributed by atoms with van der Waals surface area (Å²) in [5.41, 5.74) is 4.84. The highest BCUT2D eigenvalue weighted by Crippen LogP contribution is 2.32. The molecule has 4 aromatic rings. The van der Waals surface area contributed by atoms with Crippen molar-refractivity contribution in [3.63, 3.8) is 0 Å². The molecule has 5 rings (SSSR count). The zero-order chi connectivity index (χ0) is 27.0. The number of aromatic nitrogens is 3. The summed E-state index contributed by atoms with van der Waals surface area (Å²) in [5, 5.41) is 4.73. The fraction of sp³-hybridized carbons (Fsp3) is 0.379. The average Bonchev–Trinajstić information content (AvgIpc) is 3.23. The zero-order valence-corrected chi connectivity index (χ0v) is 23.2. The van der Waals surface area contributed by atoms with Gasteiger partial charge in [-0.3, -0.25) is 4.79 Å². The molecule has 1 saturated heterocycles. The van der Waals surface area contributed by atoms with Crippen LogP contribution in [0.4, 0.5) is 11.5 Å². The van der Waals surface area contributed by atoms with E-state index < -0.39 is 10.0 Å². The highest BCUT2D eigenvalue weighted by molar-refractivity contribution is 7.88. The number of hydrogen-bond donors (Lipinski definition) is 2. The van der Waals surface area contributed by atoms with Crippen LogP contribution in [0.1, 0.15) is 43.9 Å². The van der Waals surface area contributed by atoms with Crippen molar-refractivity contribution in [2.24, 2.45) is 5.92 Å². The number of hydrogen-bond acceptors (Lipinski definition) is 5. The van der Waals surface area contributed by atoms with Gasteiger partial charge in [0.1, 0.15) is 5.82 Å². The molecule has 1 aliphatic heterocycles. The lowest BCUT2D eigenvalue weighted by molar-refractivity contribution is 0.321. The zero-order valence-electron chi connectivity index (χ0n) is 22.4. The number of aromatic amines is 1. The van der Waals surface area contributed by atoms with E-state index in [9.17, 15) is 13.2 Å². The minimum Gasteiger partial charge on any atom is -0.351 e. The maximum atomic E-state index is 12.8. The maximum absolute atomic E-state index is 12.8. The monoisotopic (exact) mass is 533 g/mol. The van der Waals surface area contributed by atoms with Crippen LogP contribution in [0.15, 0.2) is 59.7 Å². The number of nitrogens with one attached hydrogen (secondary N) is 2. The SMILES string of the molecule is Cc1cc(-c2cc3cc[nH]c(=O)c3c(Nc3ccc(C4CCN(S(C)(=O)=O)CC4)cc3)n2)cn1CC(C)C. The Labute approximate surface area is 223 Å². The molecule has 1 fully saturated rings. The van der Waals surface area contributed by atoms with Gasteiger partial charge >= 0.3 is 0 Å². The molecule has 38 heavy (non-hydrogen) atoms. The fourth-order valence-corrected chi connectivity index (χ4v) is 6.17. The van der Waals surface area contributed by atoms with Crippen LogP contribution < -0.4 is 10.9 Å². The molecule has 9 heteroatoms. The van der Waals surface area contributed by atoms with Gasteiger partial charge in [0.25, 0.3) is 5.56 Å². The Balaban J connectivity index is 1.42. The van der Waals surface area contributed by atoms with E-state index >= 15 is 0 Å². The van der Waals surface area contributed by atoms with E-state index in [1.165, 1.54) is 17.5 Å². The largest absolute Gasteiger partial charge is 0.351 e. The van der Waals surface area contributed by atoms with Crippen molar-refractivity contribution in [1.82, 2.24) is 18.8 Å². The van der Waals surface area contributed by atoms with Gasteiger partial charge in [0.15, 0.2) is 0 Å². The molecule has 0 bridgehead atoms. The first-order valence-electron chi connectivity index (χ1n) is 13.1. The molecule has 0 unspecified atom stereocenters. The summed E-state index contributed by atoms with van der Waals surface area (Å²) in [7, 11) is -3.14. The van der Waals surface area contributed by atoms with Crippen molar-refractivity contribution in [2.75, 3.05) is 24.7 Å². The summed E-state index contributed by atoms with van der Waals surface area (Å²) in [4.78, 5) is 20.5. The van der Waals surface area contributed by atoms with E-state index in [2.05, 4.69) is 60.0 Å². The van der Waals surface area contributed by atoms with Crippen molar-refractivity contribution in [2.45, 2.75) is 46.1 Å². The predicted molar refractivity (Wildman–Crippen MR) is 153 cm³/mol. The van der Waals surface area contributed by atoms with Gasteiger partial charge < -0.3 is 14.9 Å². The number of nitrogens with zero attached hydrogens (tertiary/aromatic N) is 3. The van der Waals surface area contributed by atoms with Gasteiger partial charge in [-0.25, -0.2) is 17.7 Å². The Morgan fingerprint density at radius 2 is 1.82 bits per heavy atom. The molecule has 0 spiro atoms. The molecule has 1 aromatic carbocycles. The summed E-state index contributed by atoms with van der Waals surface area (Å²) < 4.78 is 27.5. The first kappa shape index (κ1) is 26.2. The maximum Gasteiger partial charge on any atom is 0.259 e. The van der Waals surface area contributed by atoms with Crippen LogP contribution in [0.2, 0.25) is 0 Å². The van der Waals surface area contributed by atoms with Gasteiger partial charge in [-0.05, 0) is 72.9 Å². The van der Waals surface area contributed by atoms with Gasteiger partial charge in [0.05, 0.1) is 17.3 Å². The topological polar surface area (TPSA) is 100 Å². The molecule has 4 heterocycles. The third-order valence-electron chi connectivity index (χ3n) is 7.29. The molecular weight excluding hydrogens is 498 g/mol. The fourth-order valence-electron chi connectivity index (χ4n) is 5.29. The van der Waals surface area contributed by atoms with Crippen LogP contribution in [0, 0.1) is 12.8 Å². The molecule has 0 aliphatic carbocycles. The smallest absolute Gasteiger partial charge is 0.259 e. The molecule has 0 atom stereocenters. The van der Waals surface area contributed by atoms with Crippen molar-refractivity contribution in [3.05, 3.63) is 76.5 Å². The second-order valence-electron chi connectivity index (χ2n) is 10.7. The number of piperidine rings is 1. The number of fused-ring (bicyclic) bond motifs is 1. The summed E-state index contributed by atoms with van der Waals surface area (Å²) in [6.07, 6.45) is 6.67. The van der Waals surface area contributed by atoms with Gasteiger partial charge in [-0.15, -0.1) is 0 Å². The average molecular weight is 534 g/mol. The summed E-state index contributed by atoms with van der Waals surface area (Å²) in [6.45, 7) is 8.53.